The van der Waals surface area contributed by atoms with Gasteiger partial charge in [0, 0.05) is 0 Å². The van der Waals surface area contributed by atoms with Gasteiger partial charge in [0.15, 0.2) is 0 Å². The maximum absolute atomic E-state index is 11.9. The highest BCUT2D eigenvalue weighted by molar-refractivity contribution is 5.95. The minimum atomic E-state index is -1.55. The Bertz CT molecular complexity index is 465. The Kier molecular flexibility index (Phi) is 4.93. The van der Waals surface area contributed by atoms with Crippen molar-refractivity contribution in [2.45, 2.75) is 5.54 Å². The molecular formula is C11H15N3O5. The van der Waals surface area contributed by atoms with Crippen molar-refractivity contribution in [2.75, 3.05) is 19.8 Å². The molecule has 0 aliphatic carbocycles. The van der Waals surface area contributed by atoms with E-state index in [1.54, 1.807) is 0 Å². The first-order chi connectivity index (χ1) is 8.98. The number of aliphatic hydroxyl groups is 3. The molecule has 1 aromatic heterocycles. The van der Waals surface area contributed by atoms with E-state index < -0.39 is 37.2 Å². The van der Waals surface area contributed by atoms with Gasteiger partial charge in [0.05, 0.1) is 19.8 Å². The maximum Gasteiger partial charge on any atom is 0.270 e. The predicted molar refractivity (Wildman–Crippen MR) is 64.2 cm³/mol. The lowest BCUT2D eigenvalue weighted by Gasteiger charge is -2.28. The molecule has 1 aromatic rings. The number of carbonyl (C=O) groups is 2. The van der Waals surface area contributed by atoms with Crippen LogP contribution in [0.15, 0.2) is 18.2 Å². The number of hydrogen-bond donors (Lipinski definition) is 5. The standard InChI is InChI=1S/C11H15N3O5/c12-9(18)7-2-1-3-8(13-7)10(19)14-11(4-15,5-16)6-17/h1-3,15-17H,4-6H2,(H2,12,18)(H,14,19). The van der Waals surface area contributed by atoms with E-state index in [9.17, 15) is 9.59 Å². The van der Waals surface area contributed by atoms with Gasteiger partial charge in [0.1, 0.15) is 16.9 Å². The third kappa shape index (κ3) is 3.47. The van der Waals surface area contributed by atoms with E-state index in [0.29, 0.717) is 0 Å². The molecule has 0 saturated carbocycles. The van der Waals surface area contributed by atoms with Crippen LogP contribution in [0.25, 0.3) is 0 Å². The molecule has 19 heavy (non-hydrogen) atoms. The summed E-state index contributed by atoms with van der Waals surface area (Å²) in [5.74, 6) is -1.53. The Balaban J connectivity index is 2.94. The minimum Gasteiger partial charge on any atom is -0.394 e. The van der Waals surface area contributed by atoms with Gasteiger partial charge in [-0.25, -0.2) is 4.98 Å². The maximum atomic E-state index is 11.9. The fourth-order valence-electron chi connectivity index (χ4n) is 1.27. The van der Waals surface area contributed by atoms with Crippen LogP contribution in [0.2, 0.25) is 0 Å². The number of carbonyl (C=O) groups excluding carboxylic acids is 2. The second-order valence-corrected chi connectivity index (χ2v) is 3.98. The molecule has 0 bridgehead atoms. The highest BCUT2D eigenvalue weighted by Crippen LogP contribution is 2.05. The van der Waals surface area contributed by atoms with Crippen molar-refractivity contribution < 1.29 is 24.9 Å². The summed E-state index contributed by atoms with van der Waals surface area (Å²) >= 11 is 0. The molecule has 8 nitrogen and oxygen atoms in total. The fraction of sp³-hybridized carbons (Fsp3) is 0.364. The van der Waals surface area contributed by atoms with Crippen molar-refractivity contribution in [3.05, 3.63) is 29.6 Å². The number of hydrogen-bond acceptors (Lipinski definition) is 6. The third-order valence-corrected chi connectivity index (χ3v) is 2.52. The molecular weight excluding hydrogens is 254 g/mol. The zero-order chi connectivity index (χ0) is 14.5. The number of aromatic nitrogens is 1. The molecule has 0 spiro atoms. The van der Waals surface area contributed by atoms with Crippen molar-refractivity contribution in [1.29, 1.82) is 0 Å². The number of pyridine rings is 1. The van der Waals surface area contributed by atoms with Crippen molar-refractivity contribution >= 4 is 11.8 Å². The first-order valence-electron chi connectivity index (χ1n) is 5.40. The molecule has 0 radical (unpaired) electrons. The zero-order valence-electron chi connectivity index (χ0n) is 10.0. The van der Waals surface area contributed by atoms with Gasteiger partial charge < -0.3 is 26.4 Å². The number of nitrogens with one attached hydrogen (secondary N) is 1. The smallest absolute Gasteiger partial charge is 0.270 e. The lowest BCUT2D eigenvalue weighted by molar-refractivity contribution is 0.0373. The average Bonchev–Trinajstić information content (AvgIpc) is 2.45. The molecule has 0 aromatic carbocycles. The van der Waals surface area contributed by atoms with E-state index in [1.807, 2.05) is 0 Å². The first-order valence-corrected chi connectivity index (χ1v) is 5.40. The Morgan fingerprint density at radius 2 is 1.68 bits per heavy atom. The molecule has 0 saturated heterocycles. The second kappa shape index (κ2) is 6.23. The summed E-state index contributed by atoms with van der Waals surface area (Å²) in [5, 5.41) is 29.5. The summed E-state index contributed by atoms with van der Waals surface area (Å²) in [7, 11) is 0. The third-order valence-electron chi connectivity index (χ3n) is 2.52. The van der Waals surface area contributed by atoms with Gasteiger partial charge in [-0.3, -0.25) is 9.59 Å². The summed E-state index contributed by atoms with van der Waals surface area (Å²) in [6.07, 6.45) is 0. The topological polar surface area (TPSA) is 146 Å². The highest BCUT2D eigenvalue weighted by atomic mass is 16.3. The van der Waals surface area contributed by atoms with Crippen LogP contribution >= 0.6 is 0 Å². The molecule has 2 amide bonds. The van der Waals surface area contributed by atoms with Gasteiger partial charge in [-0.15, -0.1) is 0 Å². The second-order valence-electron chi connectivity index (χ2n) is 3.98. The summed E-state index contributed by atoms with van der Waals surface area (Å²) in [6, 6.07) is 4.09. The normalized spacial score (nSPS) is 11.1. The van der Waals surface area contributed by atoms with E-state index in [2.05, 4.69) is 10.3 Å². The molecule has 0 aliphatic heterocycles. The average molecular weight is 269 g/mol. The van der Waals surface area contributed by atoms with Gasteiger partial charge in [0.2, 0.25) is 0 Å². The van der Waals surface area contributed by atoms with Gasteiger partial charge in [-0.2, -0.15) is 0 Å². The van der Waals surface area contributed by atoms with Crippen molar-refractivity contribution in [3.8, 4) is 0 Å². The molecule has 8 heteroatoms. The van der Waals surface area contributed by atoms with Crippen LogP contribution in [-0.2, 0) is 0 Å². The van der Waals surface area contributed by atoms with Crippen LogP contribution in [0.1, 0.15) is 21.0 Å². The zero-order valence-corrected chi connectivity index (χ0v) is 10.0. The van der Waals surface area contributed by atoms with Gasteiger partial charge in [0.25, 0.3) is 11.8 Å². The SMILES string of the molecule is NC(=O)c1cccc(C(=O)NC(CO)(CO)CO)n1. The number of rotatable bonds is 6. The quantitative estimate of drug-likeness (QED) is 0.390. The van der Waals surface area contributed by atoms with Gasteiger partial charge in [-0.1, -0.05) is 6.07 Å². The summed E-state index contributed by atoms with van der Waals surface area (Å²) in [6.45, 7) is -1.95. The molecule has 6 N–H and O–H groups in total. The highest BCUT2D eigenvalue weighted by Gasteiger charge is 2.30. The van der Waals surface area contributed by atoms with Crippen molar-refractivity contribution in [1.82, 2.24) is 10.3 Å². The van der Waals surface area contributed by atoms with Crippen LogP contribution in [0, 0.1) is 0 Å². The molecule has 0 aliphatic rings. The Labute approximate surface area is 108 Å². The van der Waals surface area contributed by atoms with E-state index in [-0.39, 0.29) is 11.4 Å². The number of primary amides is 1. The first kappa shape index (κ1) is 15.0. The molecule has 0 fully saturated rings. The summed E-state index contributed by atoms with van der Waals surface area (Å²) < 4.78 is 0. The van der Waals surface area contributed by atoms with E-state index in [0.717, 1.165) is 0 Å². The van der Waals surface area contributed by atoms with Gasteiger partial charge >= 0.3 is 0 Å². The van der Waals surface area contributed by atoms with E-state index in [4.69, 9.17) is 21.1 Å². The Hall–Kier alpha value is -2.03. The van der Waals surface area contributed by atoms with Crippen molar-refractivity contribution in [2.24, 2.45) is 5.73 Å². The largest absolute Gasteiger partial charge is 0.394 e. The number of amides is 2. The monoisotopic (exact) mass is 269 g/mol. The fourth-order valence-corrected chi connectivity index (χ4v) is 1.27. The number of aliphatic hydroxyl groups excluding tert-OH is 3. The van der Waals surface area contributed by atoms with E-state index >= 15 is 0 Å². The lowest BCUT2D eigenvalue weighted by atomic mass is 10.0. The molecule has 1 heterocycles. The van der Waals surface area contributed by atoms with Crippen LogP contribution < -0.4 is 11.1 Å². The Morgan fingerprint density at radius 1 is 1.16 bits per heavy atom. The number of nitrogens with zero attached hydrogens (tertiary/aromatic N) is 1. The van der Waals surface area contributed by atoms with Crippen LogP contribution in [0.3, 0.4) is 0 Å². The predicted octanol–water partition coefficient (Wildman–Crippen LogP) is -2.37. The van der Waals surface area contributed by atoms with Crippen LogP contribution in [0.4, 0.5) is 0 Å². The molecule has 0 atom stereocenters. The van der Waals surface area contributed by atoms with Crippen molar-refractivity contribution in [3.63, 3.8) is 0 Å². The van der Waals surface area contributed by atoms with Gasteiger partial charge in [-0.05, 0) is 12.1 Å². The van der Waals surface area contributed by atoms with Crippen LogP contribution in [-0.4, -0.2) is 57.5 Å². The number of nitrogens with two attached hydrogens (primary N) is 1. The summed E-state index contributed by atoms with van der Waals surface area (Å²) in [4.78, 5) is 26.5. The summed E-state index contributed by atoms with van der Waals surface area (Å²) in [5.41, 5.74) is 3.28. The Morgan fingerprint density at radius 3 is 2.16 bits per heavy atom. The molecule has 1 rings (SSSR count). The molecule has 0 unspecified atom stereocenters. The lowest BCUT2D eigenvalue weighted by Crippen LogP contribution is -2.57. The minimum absolute atomic E-state index is 0.0877. The van der Waals surface area contributed by atoms with E-state index in [1.165, 1.54) is 18.2 Å². The molecule has 104 valence electrons. The van der Waals surface area contributed by atoms with Crippen LogP contribution in [0.5, 0.6) is 0 Å².